The van der Waals surface area contributed by atoms with Gasteiger partial charge in [0.1, 0.15) is 5.82 Å². The van der Waals surface area contributed by atoms with Gasteiger partial charge in [-0.15, -0.1) is 0 Å². The van der Waals surface area contributed by atoms with E-state index in [0.717, 1.165) is 10.9 Å². The Morgan fingerprint density at radius 1 is 1.09 bits per heavy atom. The Balaban J connectivity index is 2.18. The number of anilines is 1. The first-order chi connectivity index (χ1) is 11.1. The molecule has 3 aromatic rings. The van der Waals surface area contributed by atoms with Crippen LogP contribution in [0.2, 0.25) is 0 Å². The van der Waals surface area contributed by atoms with E-state index in [4.69, 9.17) is 27.4 Å². The summed E-state index contributed by atoms with van der Waals surface area (Å²) in [6, 6.07) is 13.6. The second-order valence-electron chi connectivity index (χ2n) is 5.08. The van der Waals surface area contributed by atoms with E-state index in [9.17, 15) is 0 Å². The summed E-state index contributed by atoms with van der Waals surface area (Å²) < 4.78 is 12.9. The van der Waals surface area contributed by atoms with Crippen LogP contribution >= 0.6 is 12.2 Å². The van der Waals surface area contributed by atoms with Gasteiger partial charge < -0.3 is 15.2 Å². The van der Waals surface area contributed by atoms with Crippen LogP contribution in [0, 0.1) is 4.77 Å². The number of rotatable bonds is 4. The van der Waals surface area contributed by atoms with Gasteiger partial charge in [0, 0.05) is 11.5 Å². The number of aromatic nitrogens is 2. The summed E-state index contributed by atoms with van der Waals surface area (Å²) in [5, 5.41) is 0.784. The van der Waals surface area contributed by atoms with Gasteiger partial charge in [-0.05, 0) is 23.8 Å². The molecule has 2 aromatic carbocycles. The first kappa shape index (κ1) is 15.3. The van der Waals surface area contributed by atoms with Crippen LogP contribution in [0.3, 0.4) is 0 Å². The largest absolute Gasteiger partial charge is 0.493 e. The van der Waals surface area contributed by atoms with Crippen molar-refractivity contribution in [1.29, 1.82) is 0 Å². The van der Waals surface area contributed by atoms with Gasteiger partial charge >= 0.3 is 0 Å². The molecule has 1 heterocycles. The minimum absolute atomic E-state index is 0.436. The zero-order valence-electron chi connectivity index (χ0n) is 12.9. The van der Waals surface area contributed by atoms with Crippen molar-refractivity contribution in [3.8, 4) is 11.5 Å². The summed E-state index contributed by atoms with van der Waals surface area (Å²) >= 11 is 5.41. The molecule has 0 saturated heterocycles. The molecule has 0 radical (unpaired) electrons. The second-order valence-corrected chi connectivity index (χ2v) is 5.44. The zero-order valence-corrected chi connectivity index (χ0v) is 13.8. The topological polar surface area (TPSA) is 62.3 Å². The van der Waals surface area contributed by atoms with E-state index in [-0.39, 0.29) is 0 Å². The zero-order chi connectivity index (χ0) is 16.4. The molecule has 0 amide bonds. The number of nitrogens with two attached hydrogens (primary N) is 1. The SMILES string of the molecule is COc1cc2nc(=S)n(Cc3ccccc3)c(N)c2cc1OC. The number of methoxy groups -OCH3 is 2. The second kappa shape index (κ2) is 6.26. The van der Waals surface area contributed by atoms with E-state index in [2.05, 4.69) is 4.98 Å². The Morgan fingerprint density at radius 2 is 1.74 bits per heavy atom. The first-order valence-electron chi connectivity index (χ1n) is 7.10. The Hall–Kier alpha value is -2.60. The van der Waals surface area contributed by atoms with Crippen LogP contribution in [0.4, 0.5) is 5.82 Å². The molecule has 0 spiro atoms. The van der Waals surface area contributed by atoms with E-state index in [1.807, 2.05) is 41.0 Å². The highest BCUT2D eigenvalue weighted by molar-refractivity contribution is 7.71. The Bertz CT molecular complexity index is 907. The minimum atomic E-state index is 0.436. The van der Waals surface area contributed by atoms with Gasteiger partial charge in [-0.25, -0.2) is 4.98 Å². The van der Waals surface area contributed by atoms with E-state index >= 15 is 0 Å². The number of fused-ring (bicyclic) bond motifs is 1. The molecule has 0 aliphatic heterocycles. The quantitative estimate of drug-likeness (QED) is 0.744. The van der Waals surface area contributed by atoms with E-state index < -0.39 is 0 Å². The highest BCUT2D eigenvalue weighted by atomic mass is 32.1. The van der Waals surface area contributed by atoms with Crippen molar-refractivity contribution in [2.45, 2.75) is 6.54 Å². The normalized spacial score (nSPS) is 10.7. The maximum absolute atomic E-state index is 6.34. The number of hydrogen-bond acceptors (Lipinski definition) is 5. The van der Waals surface area contributed by atoms with E-state index in [1.165, 1.54) is 0 Å². The van der Waals surface area contributed by atoms with Crippen molar-refractivity contribution in [2.75, 3.05) is 20.0 Å². The van der Waals surface area contributed by atoms with E-state index in [0.29, 0.717) is 34.1 Å². The number of benzene rings is 2. The molecule has 5 nitrogen and oxygen atoms in total. The molecule has 0 aliphatic rings. The highest BCUT2D eigenvalue weighted by Gasteiger charge is 2.12. The molecule has 0 aliphatic carbocycles. The standard InChI is InChI=1S/C17H17N3O2S/c1-21-14-8-12-13(9-15(14)22-2)19-17(23)20(16(12)18)10-11-6-4-3-5-7-11/h3-9H,10,18H2,1-2H3. The van der Waals surface area contributed by atoms with Gasteiger partial charge in [-0.2, -0.15) is 0 Å². The molecule has 0 unspecified atom stereocenters. The molecular weight excluding hydrogens is 310 g/mol. The minimum Gasteiger partial charge on any atom is -0.493 e. The lowest BCUT2D eigenvalue weighted by atomic mass is 10.2. The van der Waals surface area contributed by atoms with Crippen LogP contribution in [0.5, 0.6) is 11.5 Å². The molecule has 6 heteroatoms. The summed E-state index contributed by atoms with van der Waals surface area (Å²) in [6.45, 7) is 0.572. The van der Waals surface area contributed by atoms with E-state index in [1.54, 1.807) is 20.3 Å². The molecular formula is C17H17N3O2S. The fraction of sp³-hybridized carbons (Fsp3) is 0.176. The number of ether oxygens (including phenoxy) is 2. The average Bonchev–Trinajstić information content (AvgIpc) is 2.58. The Morgan fingerprint density at radius 3 is 2.39 bits per heavy atom. The smallest absolute Gasteiger partial charge is 0.201 e. The Labute approximate surface area is 139 Å². The highest BCUT2D eigenvalue weighted by Crippen LogP contribution is 2.33. The summed E-state index contributed by atoms with van der Waals surface area (Å²) in [5.41, 5.74) is 8.14. The summed E-state index contributed by atoms with van der Waals surface area (Å²) in [7, 11) is 3.17. The van der Waals surface area contributed by atoms with Crippen molar-refractivity contribution in [2.24, 2.45) is 0 Å². The van der Waals surface area contributed by atoms with Crippen molar-refractivity contribution >= 4 is 28.9 Å². The molecule has 0 bridgehead atoms. The molecule has 0 fully saturated rings. The van der Waals surface area contributed by atoms with Crippen molar-refractivity contribution in [1.82, 2.24) is 9.55 Å². The average molecular weight is 327 g/mol. The van der Waals surface area contributed by atoms with Crippen molar-refractivity contribution in [3.63, 3.8) is 0 Å². The fourth-order valence-electron chi connectivity index (χ4n) is 2.50. The predicted molar refractivity (Wildman–Crippen MR) is 93.6 cm³/mol. The van der Waals surface area contributed by atoms with Gasteiger partial charge in [-0.3, -0.25) is 4.57 Å². The number of nitrogens with zero attached hydrogens (tertiary/aromatic N) is 2. The monoisotopic (exact) mass is 327 g/mol. The predicted octanol–water partition coefficient (Wildman–Crippen LogP) is 3.41. The number of nitrogen functional groups attached to an aromatic ring is 1. The third kappa shape index (κ3) is 2.85. The van der Waals surface area contributed by atoms with Crippen LogP contribution in [-0.2, 0) is 6.54 Å². The van der Waals surface area contributed by atoms with Gasteiger partial charge in [0.15, 0.2) is 11.5 Å². The lowest BCUT2D eigenvalue weighted by Crippen LogP contribution is -2.10. The van der Waals surface area contributed by atoms with Crippen LogP contribution < -0.4 is 15.2 Å². The van der Waals surface area contributed by atoms with Gasteiger partial charge in [0.2, 0.25) is 4.77 Å². The van der Waals surface area contributed by atoms with Crippen molar-refractivity contribution < 1.29 is 9.47 Å². The maximum Gasteiger partial charge on any atom is 0.201 e. The van der Waals surface area contributed by atoms with Crippen LogP contribution in [0.25, 0.3) is 10.9 Å². The summed E-state index contributed by atoms with van der Waals surface area (Å²) in [4.78, 5) is 4.48. The van der Waals surface area contributed by atoms with Gasteiger partial charge in [0.05, 0.1) is 26.3 Å². The molecule has 118 valence electrons. The third-order valence-corrected chi connectivity index (χ3v) is 4.01. The molecule has 1 aromatic heterocycles. The number of hydrogen-bond donors (Lipinski definition) is 1. The van der Waals surface area contributed by atoms with Crippen LogP contribution in [-0.4, -0.2) is 23.8 Å². The van der Waals surface area contributed by atoms with Crippen LogP contribution in [0.15, 0.2) is 42.5 Å². The molecule has 23 heavy (non-hydrogen) atoms. The summed E-state index contributed by atoms with van der Waals surface area (Å²) in [6.07, 6.45) is 0. The van der Waals surface area contributed by atoms with Crippen molar-refractivity contribution in [3.05, 3.63) is 52.8 Å². The molecule has 2 N–H and O–H groups in total. The lowest BCUT2D eigenvalue weighted by Gasteiger charge is -2.15. The molecule has 0 atom stereocenters. The fourth-order valence-corrected chi connectivity index (χ4v) is 2.76. The van der Waals surface area contributed by atoms with Gasteiger partial charge in [-0.1, -0.05) is 30.3 Å². The van der Waals surface area contributed by atoms with Crippen LogP contribution in [0.1, 0.15) is 5.56 Å². The first-order valence-corrected chi connectivity index (χ1v) is 7.51. The lowest BCUT2D eigenvalue weighted by molar-refractivity contribution is 0.355. The summed E-state index contributed by atoms with van der Waals surface area (Å²) in [5.74, 6) is 1.77. The molecule has 0 saturated carbocycles. The van der Waals surface area contributed by atoms with Gasteiger partial charge in [0.25, 0.3) is 0 Å². The Kier molecular flexibility index (Phi) is 4.16. The maximum atomic E-state index is 6.34. The molecule has 3 rings (SSSR count). The third-order valence-electron chi connectivity index (χ3n) is 3.70.